The number of amides is 2. The molecular weight excluding hydrogens is 583 g/mol. The molecular formula is C29H48Cl2N6O3S. The highest BCUT2D eigenvalue weighted by atomic mass is 35.5. The first-order chi connectivity index (χ1) is 18.8. The minimum absolute atomic E-state index is 0. The summed E-state index contributed by atoms with van der Waals surface area (Å²) in [6.07, 6.45) is 10.7. The van der Waals surface area contributed by atoms with Gasteiger partial charge >= 0.3 is 16.2 Å². The number of likely N-dealkylation sites (tertiary alicyclic amines) is 2. The quantitative estimate of drug-likeness (QED) is 0.461. The first kappa shape index (κ1) is 32.8. The maximum Gasteiger partial charge on any atom is 0.333 e. The number of urea groups is 1. The Morgan fingerprint density at radius 3 is 1.85 bits per heavy atom. The van der Waals surface area contributed by atoms with E-state index in [1.165, 1.54) is 54.7 Å². The molecule has 4 fully saturated rings. The van der Waals surface area contributed by atoms with Crippen LogP contribution >= 0.6 is 24.8 Å². The van der Waals surface area contributed by atoms with E-state index in [9.17, 15) is 13.2 Å². The van der Waals surface area contributed by atoms with E-state index in [1.807, 2.05) is 0 Å². The van der Waals surface area contributed by atoms with Gasteiger partial charge in [-0.1, -0.05) is 19.9 Å². The molecule has 9 nitrogen and oxygen atoms in total. The largest absolute Gasteiger partial charge is 0.333 e. The molecule has 7 rings (SSSR count). The Balaban J connectivity index is 0.000000273. The van der Waals surface area contributed by atoms with Crippen LogP contribution in [0.3, 0.4) is 0 Å². The zero-order chi connectivity index (χ0) is 27.1. The lowest BCUT2D eigenvalue weighted by molar-refractivity contribution is 0.134. The number of anilines is 1. The van der Waals surface area contributed by atoms with Gasteiger partial charge in [0.25, 0.3) is 0 Å². The minimum Gasteiger partial charge on any atom is -0.309 e. The first-order valence-corrected chi connectivity index (χ1v) is 16.8. The number of hydrogen-bond donors (Lipinski definition) is 3. The molecule has 1 aromatic carbocycles. The highest BCUT2D eigenvalue weighted by Gasteiger charge is 2.46. The van der Waals surface area contributed by atoms with E-state index in [1.54, 1.807) is 4.31 Å². The summed E-state index contributed by atoms with van der Waals surface area (Å²) in [6, 6.07) is 3.23. The van der Waals surface area contributed by atoms with Crippen LogP contribution in [-0.4, -0.2) is 92.0 Å². The summed E-state index contributed by atoms with van der Waals surface area (Å²) in [6.45, 7) is 10.6. The fraction of sp³-hybridized carbons (Fsp3) is 0.759. The van der Waals surface area contributed by atoms with Crippen LogP contribution in [0.15, 0.2) is 6.07 Å². The van der Waals surface area contributed by atoms with Gasteiger partial charge in [-0.3, -0.25) is 0 Å². The predicted molar refractivity (Wildman–Crippen MR) is 169 cm³/mol. The number of fused-ring (bicyclic) bond motifs is 6. The SMILES string of the molecule is CCN1CC2CCC(C1)N2.CCN1CC2CCC(C1)N2S(=O)(=O)NC(=O)Nc1c2c(cc3c1CCC3)CCC2.Cl.Cl. The Kier molecular flexibility index (Phi) is 10.9. The molecule has 4 saturated heterocycles. The Labute approximate surface area is 258 Å². The van der Waals surface area contributed by atoms with Gasteiger partial charge in [0, 0.05) is 56.0 Å². The maximum atomic E-state index is 13.0. The minimum atomic E-state index is -3.85. The van der Waals surface area contributed by atoms with Gasteiger partial charge in [-0.05, 0) is 99.6 Å². The number of carbonyl (C=O) groups excluding carboxylic acids is 1. The molecule has 1 aromatic rings. The Morgan fingerprint density at radius 2 is 1.34 bits per heavy atom. The van der Waals surface area contributed by atoms with Gasteiger partial charge in [0.15, 0.2) is 0 Å². The second kappa shape index (κ2) is 13.7. The predicted octanol–water partition coefficient (Wildman–Crippen LogP) is 3.48. The zero-order valence-electron chi connectivity index (χ0n) is 24.5. The Morgan fingerprint density at radius 1 is 0.829 bits per heavy atom. The van der Waals surface area contributed by atoms with Gasteiger partial charge in [0.2, 0.25) is 0 Å². The fourth-order valence-corrected chi connectivity index (χ4v) is 9.54. The number of nitrogens with zero attached hydrogens (tertiary/aromatic N) is 3. The van der Waals surface area contributed by atoms with Crippen molar-refractivity contribution in [3.8, 4) is 0 Å². The number of halogens is 2. The fourth-order valence-electron chi connectivity index (χ4n) is 8.02. The van der Waals surface area contributed by atoms with Crippen molar-refractivity contribution < 1.29 is 13.2 Å². The third kappa shape index (κ3) is 6.84. The van der Waals surface area contributed by atoms with Crippen molar-refractivity contribution in [2.24, 2.45) is 0 Å². The van der Waals surface area contributed by atoms with Crippen molar-refractivity contribution >= 4 is 46.7 Å². The normalized spacial score (nSPS) is 28.5. The lowest BCUT2D eigenvalue weighted by Gasteiger charge is -2.39. The molecule has 2 amide bonds. The molecule has 3 N–H and O–H groups in total. The molecule has 0 radical (unpaired) electrons. The van der Waals surface area contributed by atoms with Crippen LogP contribution < -0.4 is 15.4 Å². The summed E-state index contributed by atoms with van der Waals surface area (Å²) in [4.78, 5) is 17.6. The van der Waals surface area contributed by atoms with E-state index in [0.29, 0.717) is 0 Å². The van der Waals surface area contributed by atoms with Gasteiger partial charge in [0.05, 0.1) is 0 Å². The molecule has 232 valence electrons. The van der Waals surface area contributed by atoms with Crippen molar-refractivity contribution in [1.29, 1.82) is 0 Å². The van der Waals surface area contributed by atoms with Gasteiger partial charge in [-0.25, -0.2) is 9.52 Å². The molecule has 4 atom stereocenters. The number of aryl methyl sites for hydroxylation is 2. The van der Waals surface area contributed by atoms with Gasteiger partial charge in [0.1, 0.15) is 0 Å². The molecule has 41 heavy (non-hydrogen) atoms. The molecule has 0 spiro atoms. The van der Waals surface area contributed by atoms with E-state index in [-0.39, 0.29) is 36.9 Å². The van der Waals surface area contributed by atoms with Gasteiger partial charge in [-0.15, -0.1) is 24.8 Å². The van der Waals surface area contributed by atoms with Crippen molar-refractivity contribution in [2.45, 2.75) is 102 Å². The van der Waals surface area contributed by atoms with Crippen LogP contribution in [0.5, 0.6) is 0 Å². The van der Waals surface area contributed by atoms with Crippen LogP contribution in [0, 0.1) is 0 Å². The van der Waals surface area contributed by atoms with Crippen LogP contribution in [0.25, 0.3) is 0 Å². The molecule has 0 aromatic heterocycles. The highest BCUT2D eigenvalue weighted by Crippen LogP contribution is 2.39. The first-order valence-electron chi connectivity index (χ1n) is 15.3. The highest BCUT2D eigenvalue weighted by molar-refractivity contribution is 7.87. The van der Waals surface area contributed by atoms with Crippen LogP contribution in [0.2, 0.25) is 0 Å². The monoisotopic (exact) mass is 630 g/mol. The van der Waals surface area contributed by atoms with E-state index in [0.717, 1.165) is 88.8 Å². The van der Waals surface area contributed by atoms with Gasteiger partial charge in [-0.2, -0.15) is 12.7 Å². The summed E-state index contributed by atoms with van der Waals surface area (Å²) in [7, 11) is -3.85. The molecule has 6 aliphatic rings. The molecule has 4 bridgehead atoms. The number of carbonyl (C=O) groups is 1. The number of piperazine rings is 2. The number of benzene rings is 1. The Hall–Kier alpha value is -1.14. The molecule has 4 heterocycles. The summed E-state index contributed by atoms with van der Waals surface area (Å²) in [5.41, 5.74) is 5.92. The van der Waals surface area contributed by atoms with Crippen molar-refractivity contribution in [3.05, 3.63) is 28.3 Å². The topological polar surface area (TPSA) is 97.0 Å². The molecule has 0 saturated carbocycles. The van der Waals surface area contributed by atoms with Crippen molar-refractivity contribution in [2.75, 3.05) is 44.6 Å². The number of rotatable bonds is 5. The molecule has 4 unspecified atom stereocenters. The van der Waals surface area contributed by atoms with Crippen LogP contribution in [0.1, 0.15) is 74.6 Å². The lowest BCUT2D eigenvalue weighted by atomic mass is 9.99. The van der Waals surface area contributed by atoms with Crippen molar-refractivity contribution in [3.63, 3.8) is 0 Å². The van der Waals surface area contributed by atoms with E-state index >= 15 is 0 Å². The molecule has 4 aliphatic heterocycles. The molecule has 12 heteroatoms. The van der Waals surface area contributed by atoms with E-state index < -0.39 is 16.2 Å². The Bertz CT molecular complexity index is 1140. The molecule has 2 aliphatic carbocycles. The average Bonchev–Trinajstić information content (AvgIpc) is 3.70. The third-order valence-electron chi connectivity index (χ3n) is 9.89. The second-order valence-corrected chi connectivity index (χ2v) is 13.9. The summed E-state index contributed by atoms with van der Waals surface area (Å²) in [5, 5.41) is 6.55. The smallest absolute Gasteiger partial charge is 0.309 e. The van der Waals surface area contributed by atoms with Gasteiger partial charge < -0.3 is 20.4 Å². The number of likely N-dealkylation sites (N-methyl/N-ethyl adjacent to an activating group) is 2. The second-order valence-electron chi connectivity index (χ2n) is 12.4. The van der Waals surface area contributed by atoms with E-state index in [2.05, 4.69) is 45.1 Å². The number of hydrogen-bond acceptors (Lipinski definition) is 6. The number of nitrogens with one attached hydrogen (secondary N) is 3. The summed E-state index contributed by atoms with van der Waals surface area (Å²) < 4.78 is 30.0. The van der Waals surface area contributed by atoms with Crippen molar-refractivity contribution in [1.82, 2.24) is 24.1 Å². The zero-order valence-corrected chi connectivity index (χ0v) is 26.9. The maximum absolute atomic E-state index is 13.0. The third-order valence-corrected chi connectivity index (χ3v) is 11.5. The van der Waals surface area contributed by atoms with Crippen LogP contribution in [-0.2, 0) is 35.9 Å². The summed E-state index contributed by atoms with van der Waals surface area (Å²) in [5.74, 6) is 0. The van der Waals surface area contributed by atoms with E-state index in [4.69, 9.17) is 0 Å². The average molecular weight is 632 g/mol. The van der Waals surface area contributed by atoms with Crippen LogP contribution in [0.4, 0.5) is 10.5 Å². The lowest BCUT2D eigenvalue weighted by Crippen LogP contribution is -2.59. The standard InChI is InChI=1S/C21H30N4O3S.C8H16N2.2ClH/c1-2-24-12-16-9-10-17(13-24)25(16)29(27,28)23-21(26)22-20-18-7-3-5-14(18)11-15-6-4-8-19(15)20;1-2-10-5-7-3-4-8(6-10)9-7;;/h11,16-17H,2-10,12-13H2,1H3,(H2,22,23,26);7-9H,2-6H2,1H3;2*1H. The summed E-state index contributed by atoms with van der Waals surface area (Å²) >= 11 is 0.